The van der Waals surface area contributed by atoms with Crippen molar-refractivity contribution < 1.29 is 5.11 Å². The van der Waals surface area contributed by atoms with Gasteiger partial charge in [-0.1, -0.05) is 20.3 Å². The first kappa shape index (κ1) is 12.0. The molecule has 0 bridgehead atoms. The lowest BCUT2D eigenvalue weighted by molar-refractivity contribution is 0.145. The molecule has 0 aliphatic carbocycles. The second kappa shape index (κ2) is 5.16. The van der Waals surface area contributed by atoms with Crippen molar-refractivity contribution in [2.75, 3.05) is 0 Å². The molecule has 15 heavy (non-hydrogen) atoms. The minimum Gasteiger partial charge on any atom is -0.493 e. The largest absolute Gasteiger partial charge is 0.493 e. The molecule has 0 fully saturated rings. The fraction of sp³-hybridized carbons (Fsp3) is 0.727. The number of hydrogen-bond donors (Lipinski definition) is 2. The Balaban J connectivity index is 2.85. The van der Waals surface area contributed by atoms with E-state index >= 15 is 0 Å². The molecule has 0 saturated carbocycles. The van der Waals surface area contributed by atoms with Gasteiger partial charge >= 0.3 is 0 Å². The highest BCUT2D eigenvalue weighted by atomic mass is 16.3. The van der Waals surface area contributed by atoms with Gasteiger partial charge in [0.15, 0.2) is 0 Å². The van der Waals surface area contributed by atoms with Crippen LogP contribution >= 0.6 is 0 Å². The van der Waals surface area contributed by atoms with Gasteiger partial charge < -0.3 is 5.11 Å². The number of allylic oxidation sites excluding steroid dienone is 1. The van der Waals surface area contributed by atoms with Crippen LogP contribution in [0.1, 0.15) is 46.5 Å². The predicted molar refractivity (Wildman–Crippen MR) is 62.4 cm³/mol. The first-order valence-electron chi connectivity index (χ1n) is 5.62. The van der Waals surface area contributed by atoms with Crippen LogP contribution in [0.25, 0.3) is 0 Å². The van der Waals surface area contributed by atoms with Crippen molar-refractivity contribution in [1.82, 2.24) is 5.01 Å². The van der Waals surface area contributed by atoms with Gasteiger partial charge in [0.1, 0.15) is 6.17 Å². The van der Waals surface area contributed by atoms with Gasteiger partial charge in [0, 0.05) is 11.3 Å². The van der Waals surface area contributed by atoms with Gasteiger partial charge in [0.05, 0.1) is 0 Å². The molecular formula is C11H21N3O. The van der Waals surface area contributed by atoms with Gasteiger partial charge in [0.25, 0.3) is 0 Å². The van der Waals surface area contributed by atoms with Crippen LogP contribution in [0.4, 0.5) is 0 Å². The highest BCUT2D eigenvalue weighted by Gasteiger charge is 2.24. The van der Waals surface area contributed by atoms with E-state index in [4.69, 9.17) is 5.84 Å². The zero-order valence-electron chi connectivity index (χ0n) is 9.82. The fourth-order valence-electron chi connectivity index (χ4n) is 1.76. The summed E-state index contributed by atoms with van der Waals surface area (Å²) in [5.41, 5.74) is 1.82. The average molecular weight is 211 g/mol. The monoisotopic (exact) mass is 211 g/mol. The average Bonchev–Trinajstić information content (AvgIpc) is 2.23. The predicted octanol–water partition coefficient (Wildman–Crippen LogP) is 2.33. The van der Waals surface area contributed by atoms with E-state index in [9.17, 15) is 5.11 Å². The number of unbranched alkanes of at least 4 members (excludes halogenated alkanes) is 1. The van der Waals surface area contributed by atoms with Crippen molar-refractivity contribution in [3.8, 4) is 0 Å². The summed E-state index contributed by atoms with van der Waals surface area (Å²) in [6.07, 6.45) is 3.69. The molecule has 0 aromatic rings. The van der Waals surface area contributed by atoms with Crippen LogP contribution in [0.15, 0.2) is 16.4 Å². The Morgan fingerprint density at radius 1 is 1.47 bits per heavy atom. The standard InChI is InChI=1S/C11H21N3O/c1-4-6-7-9-8(3)13-10(5-2)14(12)11(9)15/h10,15H,4-7,12H2,1-3H3. The lowest BCUT2D eigenvalue weighted by atomic mass is 10.0. The van der Waals surface area contributed by atoms with Crippen molar-refractivity contribution >= 4 is 5.71 Å². The first-order valence-corrected chi connectivity index (χ1v) is 5.62. The second-order valence-electron chi connectivity index (χ2n) is 3.92. The Hall–Kier alpha value is -1.03. The van der Waals surface area contributed by atoms with Crippen LogP contribution in [0.5, 0.6) is 0 Å². The van der Waals surface area contributed by atoms with E-state index in [1.165, 1.54) is 5.01 Å². The van der Waals surface area contributed by atoms with Crippen molar-refractivity contribution in [3.63, 3.8) is 0 Å². The van der Waals surface area contributed by atoms with Gasteiger partial charge in [-0.25, -0.2) is 5.84 Å². The third-order valence-electron chi connectivity index (χ3n) is 2.76. The molecule has 0 amide bonds. The van der Waals surface area contributed by atoms with Crippen molar-refractivity contribution in [1.29, 1.82) is 0 Å². The summed E-state index contributed by atoms with van der Waals surface area (Å²) in [5, 5.41) is 11.3. The first-order chi connectivity index (χ1) is 7.11. The Morgan fingerprint density at radius 2 is 2.13 bits per heavy atom. The zero-order chi connectivity index (χ0) is 11.4. The molecule has 1 unspecified atom stereocenters. The minimum absolute atomic E-state index is 0.115. The van der Waals surface area contributed by atoms with Crippen LogP contribution < -0.4 is 5.84 Å². The van der Waals surface area contributed by atoms with E-state index in [0.29, 0.717) is 0 Å². The van der Waals surface area contributed by atoms with Crippen LogP contribution in [-0.4, -0.2) is 22.0 Å². The molecule has 0 spiro atoms. The van der Waals surface area contributed by atoms with Crippen molar-refractivity contribution in [3.05, 3.63) is 11.5 Å². The molecule has 4 heteroatoms. The van der Waals surface area contributed by atoms with Crippen LogP contribution in [0, 0.1) is 0 Å². The molecule has 1 aliphatic heterocycles. The Bertz CT molecular complexity index is 284. The molecule has 1 atom stereocenters. The zero-order valence-corrected chi connectivity index (χ0v) is 9.82. The summed E-state index contributed by atoms with van der Waals surface area (Å²) >= 11 is 0. The molecule has 0 aromatic carbocycles. The maximum absolute atomic E-state index is 9.94. The Labute approximate surface area is 91.5 Å². The third kappa shape index (κ3) is 2.50. The minimum atomic E-state index is -0.115. The topological polar surface area (TPSA) is 61.8 Å². The Kier molecular flexibility index (Phi) is 4.15. The number of hydrazine groups is 1. The third-order valence-corrected chi connectivity index (χ3v) is 2.76. The maximum atomic E-state index is 9.94. The molecule has 3 N–H and O–H groups in total. The number of nitrogens with two attached hydrogens (primary N) is 1. The number of aliphatic hydroxyl groups is 1. The number of aliphatic imine (C=N–C) groups is 1. The van der Waals surface area contributed by atoms with Crippen molar-refractivity contribution in [2.45, 2.75) is 52.6 Å². The van der Waals surface area contributed by atoms with Crippen LogP contribution in [0.3, 0.4) is 0 Å². The SMILES string of the molecule is CCCCC1=C(O)N(N)C(CC)N=C1C. The normalized spacial score (nSPS) is 22.0. The number of aliphatic hydroxyl groups excluding tert-OH is 1. The molecule has 4 nitrogen and oxygen atoms in total. The van der Waals surface area contributed by atoms with E-state index < -0.39 is 0 Å². The molecule has 0 radical (unpaired) electrons. The molecular weight excluding hydrogens is 190 g/mol. The van der Waals surface area contributed by atoms with E-state index in [1.807, 2.05) is 13.8 Å². The quantitative estimate of drug-likeness (QED) is 0.701. The molecule has 1 aliphatic rings. The van der Waals surface area contributed by atoms with Crippen LogP contribution in [0.2, 0.25) is 0 Å². The summed E-state index contributed by atoms with van der Waals surface area (Å²) in [7, 11) is 0. The molecule has 86 valence electrons. The van der Waals surface area contributed by atoms with Gasteiger partial charge in [-0.15, -0.1) is 0 Å². The lowest BCUT2D eigenvalue weighted by Gasteiger charge is -2.30. The smallest absolute Gasteiger partial charge is 0.208 e. The fourth-order valence-corrected chi connectivity index (χ4v) is 1.76. The van der Waals surface area contributed by atoms with E-state index in [-0.39, 0.29) is 12.0 Å². The van der Waals surface area contributed by atoms with E-state index in [0.717, 1.165) is 37.0 Å². The molecule has 1 rings (SSSR count). The van der Waals surface area contributed by atoms with Crippen LogP contribution in [-0.2, 0) is 0 Å². The second-order valence-corrected chi connectivity index (χ2v) is 3.92. The van der Waals surface area contributed by atoms with Crippen molar-refractivity contribution in [2.24, 2.45) is 10.8 Å². The summed E-state index contributed by atoms with van der Waals surface area (Å²) in [5.74, 6) is 5.97. The summed E-state index contributed by atoms with van der Waals surface area (Å²) in [6.45, 7) is 6.07. The lowest BCUT2D eigenvalue weighted by Crippen LogP contribution is -2.43. The van der Waals surface area contributed by atoms with Gasteiger partial charge in [-0.05, 0) is 26.2 Å². The van der Waals surface area contributed by atoms with Gasteiger partial charge in [-0.3, -0.25) is 10.0 Å². The maximum Gasteiger partial charge on any atom is 0.208 e. The van der Waals surface area contributed by atoms with E-state index in [2.05, 4.69) is 11.9 Å². The molecule has 1 heterocycles. The molecule has 0 aromatic heterocycles. The number of nitrogens with zero attached hydrogens (tertiary/aromatic N) is 2. The Morgan fingerprint density at radius 3 is 2.67 bits per heavy atom. The van der Waals surface area contributed by atoms with E-state index in [1.54, 1.807) is 0 Å². The highest BCUT2D eigenvalue weighted by Crippen LogP contribution is 2.22. The highest BCUT2D eigenvalue weighted by molar-refractivity contribution is 5.99. The molecule has 0 saturated heterocycles. The number of rotatable bonds is 4. The number of hydrogen-bond acceptors (Lipinski definition) is 4. The summed E-state index contributed by atoms with van der Waals surface area (Å²) < 4.78 is 0. The van der Waals surface area contributed by atoms with Gasteiger partial charge in [-0.2, -0.15) is 0 Å². The summed E-state index contributed by atoms with van der Waals surface area (Å²) in [6, 6.07) is 0. The summed E-state index contributed by atoms with van der Waals surface area (Å²) in [4.78, 5) is 4.47. The van der Waals surface area contributed by atoms with Gasteiger partial charge in [0.2, 0.25) is 5.88 Å².